The van der Waals surface area contributed by atoms with E-state index < -0.39 is 0 Å². The Morgan fingerprint density at radius 3 is 2.78 bits per heavy atom. The van der Waals surface area contributed by atoms with E-state index in [1.54, 1.807) is 0 Å². The van der Waals surface area contributed by atoms with E-state index in [1.165, 1.54) is 0 Å². The van der Waals surface area contributed by atoms with E-state index in [4.69, 9.17) is 16.1 Å². The van der Waals surface area contributed by atoms with Crippen molar-refractivity contribution in [3.63, 3.8) is 0 Å². The van der Waals surface area contributed by atoms with Crippen molar-refractivity contribution in [2.24, 2.45) is 4.99 Å². The zero-order chi connectivity index (χ0) is 12.4. The molecule has 1 aliphatic heterocycles. The molecule has 1 aromatic heterocycles. The third-order valence-corrected chi connectivity index (χ3v) is 3.20. The fourth-order valence-corrected chi connectivity index (χ4v) is 2.09. The van der Waals surface area contributed by atoms with Crippen LogP contribution in [0.15, 0.2) is 33.8 Å². The number of hydrogen-bond acceptors (Lipinski definition) is 4. The third-order valence-electron chi connectivity index (χ3n) is 2.95. The molecule has 1 aliphatic rings. The lowest BCUT2D eigenvalue weighted by Crippen LogP contribution is -2.07. The summed E-state index contributed by atoms with van der Waals surface area (Å²) in [6.07, 6.45) is 3.99. The molecule has 0 saturated carbocycles. The van der Waals surface area contributed by atoms with E-state index >= 15 is 0 Å². The number of nitrogens with zero attached hydrogens (tertiary/aromatic N) is 3. The monoisotopic (exact) mass is 261 g/mol. The first-order chi connectivity index (χ1) is 8.83. The maximum absolute atomic E-state index is 5.84. The highest BCUT2D eigenvalue weighted by Crippen LogP contribution is 2.24. The molecular formula is C13H12ClN3O. The lowest BCUT2D eigenvalue weighted by Gasteiger charge is -2.10. The maximum Gasteiger partial charge on any atom is 0.235 e. The maximum atomic E-state index is 5.84. The lowest BCUT2D eigenvalue weighted by atomic mass is 10.0. The summed E-state index contributed by atoms with van der Waals surface area (Å²) in [7, 11) is 0. The van der Waals surface area contributed by atoms with Crippen LogP contribution in [0.25, 0.3) is 11.4 Å². The van der Waals surface area contributed by atoms with Crippen LogP contribution >= 0.6 is 11.6 Å². The second kappa shape index (κ2) is 4.90. The Bertz CT molecular complexity index is 562. The van der Waals surface area contributed by atoms with Crippen LogP contribution in [0.2, 0.25) is 5.02 Å². The minimum absolute atomic E-state index is 0.160. The summed E-state index contributed by atoms with van der Waals surface area (Å²) in [5.41, 5.74) is 0.905. The van der Waals surface area contributed by atoms with Crippen molar-refractivity contribution in [2.75, 3.05) is 6.54 Å². The summed E-state index contributed by atoms with van der Waals surface area (Å²) < 4.78 is 5.30. The Balaban J connectivity index is 1.86. The molecule has 0 N–H and O–H groups in total. The molecular weight excluding hydrogens is 250 g/mol. The highest BCUT2D eigenvalue weighted by atomic mass is 35.5. The molecule has 4 nitrogen and oxygen atoms in total. The van der Waals surface area contributed by atoms with Gasteiger partial charge in [-0.05, 0) is 37.1 Å². The molecule has 0 aliphatic carbocycles. The van der Waals surface area contributed by atoms with E-state index in [0.717, 1.165) is 24.9 Å². The van der Waals surface area contributed by atoms with Gasteiger partial charge in [-0.2, -0.15) is 4.98 Å². The van der Waals surface area contributed by atoms with Crippen LogP contribution in [0, 0.1) is 0 Å². The minimum atomic E-state index is 0.160. The zero-order valence-corrected chi connectivity index (χ0v) is 10.5. The fourth-order valence-electron chi connectivity index (χ4n) is 1.97. The predicted molar refractivity (Wildman–Crippen MR) is 70.1 cm³/mol. The van der Waals surface area contributed by atoms with Gasteiger partial charge < -0.3 is 4.52 Å². The number of aliphatic imine (C=N–C) groups is 1. The Kier molecular flexibility index (Phi) is 3.11. The number of hydrogen-bond donors (Lipinski definition) is 0. The lowest BCUT2D eigenvalue weighted by molar-refractivity contribution is 0.366. The van der Waals surface area contributed by atoms with Gasteiger partial charge in [-0.15, -0.1) is 0 Å². The molecule has 2 aromatic rings. The first kappa shape index (κ1) is 11.4. The van der Waals surface area contributed by atoms with E-state index in [2.05, 4.69) is 15.1 Å². The molecule has 92 valence electrons. The van der Waals surface area contributed by atoms with Crippen molar-refractivity contribution >= 4 is 17.8 Å². The van der Waals surface area contributed by atoms with Gasteiger partial charge in [0, 0.05) is 23.3 Å². The Morgan fingerprint density at radius 1 is 1.22 bits per heavy atom. The van der Waals surface area contributed by atoms with Gasteiger partial charge in [0.1, 0.15) is 0 Å². The molecule has 0 radical (unpaired) electrons. The molecule has 0 bridgehead atoms. The van der Waals surface area contributed by atoms with Crippen molar-refractivity contribution in [2.45, 2.75) is 18.8 Å². The Morgan fingerprint density at radius 2 is 2.06 bits per heavy atom. The van der Waals surface area contributed by atoms with E-state index in [1.807, 2.05) is 30.5 Å². The standard InChI is InChI=1S/C13H12ClN3O/c14-11-5-3-9(4-6-11)12-16-13(18-17-12)10-2-1-7-15-8-10/h3-6,8,10H,1-2,7H2/t10-/m1/s1. The van der Waals surface area contributed by atoms with Gasteiger partial charge in [-0.1, -0.05) is 16.8 Å². The topological polar surface area (TPSA) is 51.3 Å². The van der Waals surface area contributed by atoms with Gasteiger partial charge >= 0.3 is 0 Å². The Hall–Kier alpha value is -1.68. The summed E-state index contributed by atoms with van der Waals surface area (Å²) in [6, 6.07) is 7.39. The van der Waals surface area contributed by atoms with Crippen LogP contribution in [0.5, 0.6) is 0 Å². The van der Waals surface area contributed by atoms with Crippen molar-refractivity contribution in [1.29, 1.82) is 0 Å². The average Bonchev–Trinajstić information content (AvgIpc) is 2.90. The molecule has 0 unspecified atom stereocenters. The van der Waals surface area contributed by atoms with Crippen molar-refractivity contribution in [3.05, 3.63) is 35.2 Å². The summed E-state index contributed by atoms with van der Waals surface area (Å²) in [4.78, 5) is 8.68. The van der Waals surface area contributed by atoms with Gasteiger partial charge in [0.25, 0.3) is 0 Å². The highest BCUT2D eigenvalue weighted by Gasteiger charge is 2.19. The minimum Gasteiger partial charge on any atom is -0.338 e. The molecule has 2 heterocycles. The van der Waals surface area contributed by atoms with Gasteiger partial charge in [0.15, 0.2) is 0 Å². The summed E-state index contributed by atoms with van der Waals surface area (Å²) in [6.45, 7) is 0.897. The molecule has 18 heavy (non-hydrogen) atoms. The number of rotatable bonds is 2. The SMILES string of the molecule is Clc1ccc(-c2noc([C@H]3C=NCCC3)n2)cc1. The summed E-state index contributed by atoms with van der Waals surface area (Å²) >= 11 is 5.84. The third kappa shape index (κ3) is 2.29. The van der Waals surface area contributed by atoms with Gasteiger partial charge in [-0.3, -0.25) is 4.99 Å². The van der Waals surface area contributed by atoms with Gasteiger partial charge in [0.2, 0.25) is 11.7 Å². The molecule has 0 amide bonds. The first-order valence-corrected chi connectivity index (χ1v) is 6.30. The molecule has 3 rings (SSSR count). The number of benzene rings is 1. The number of halogens is 1. The van der Waals surface area contributed by atoms with Crippen LogP contribution in [0.1, 0.15) is 24.7 Å². The van der Waals surface area contributed by atoms with E-state index in [0.29, 0.717) is 16.7 Å². The van der Waals surface area contributed by atoms with E-state index in [-0.39, 0.29) is 5.92 Å². The summed E-state index contributed by atoms with van der Waals surface area (Å²) in [5, 5.41) is 4.70. The quantitative estimate of drug-likeness (QED) is 0.833. The molecule has 0 saturated heterocycles. The van der Waals surface area contributed by atoms with E-state index in [9.17, 15) is 0 Å². The largest absolute Gasteiger partial charge is 0.338 e. The summed E-state index contributed by atoms with van der Waals surface area (Å²) in [5.74, 6) is 1.40. The van der Waals surface area contributed by atoms with Crippen molar-refractivity contribution < 1.29 is 4.52 Å². The van der Waals surface area contributed by atoms with Crippen LogP contribution in [-0.4, -0.2) is 22.9 Å². The van der Waals surface area contributed by atoms with Crippen LogP contribution in [0.3, 0.4) is 0 Å². The van der Waals surface area contributed by atoms with Crippen LogP contribution in [0.4, 0.5) is 0 Å². The van der Waals surface area contributed by atoms with Crippen LogP contribution < -0.4 is 0 Å². The molecule has 1 atom stereocenters. The number of aromatic nitrogens is 2. The second-order valence-corrected chi connectivity index (χ2v) is 4.70. The highest BCUT2D eigenvalue weighted by molar-refractivity contribution is 6.30. The Labute approximate surface area is 110 Å². The average molecular weight is 262 g/mol. The molecule has 0 spiro atoms. The van der Waals surface area contributed by atoms with Crippen LogP contribution in [-0.2, 0) is 0 Å². The second-order valence-electron chi connectivity index (χ2n) is 4.27. The molecule has 0 fully saturated rings. The molecule has 1 aromatic carbocycles. The zero-order valence-electron chi connectivity index (χ0n) is 9.71. The first-order valence-electron chi connectivity index (χ1n) is 5.92. The normalized spacial score (nSPS) is 19.1. The smallest absolute Gasteiger partial charge is 0.235 e. The van der Waals surface area contributed by atoms with Gasteiger partial charge in [-0.25, -0.2) is 0 Å². The fraction of sp³-hybridized carbons (Fsp3) is 0.308. The molecule has 5 heteroatoms. The van der Waals surface area contributed by atoms with Gasteiger partial charge in [0.05, 0.1) is 5.92 Å². The predicted octanol–water partition coefficient (Wildman–Crippen LogP) is 3.34. The van der Waals surface area contributed by atoms with Crippen molar-refractivity contribution in [3.8, 4) is 11.4 Å². The van der Waals surface area contributed by atoms with Crippen molar-refractivity contribution in [1.82, 2.24) is 10.1 Å².